The van der Waals surface area contributed by atoms with E-state index in [9.17, 15) is 8.42 Å². The molecule has 0 amide bonds. The number of aryl methyl sites for hydroxylation is 1. The first-order valence-electron chi connectivity index (χ1n) is 5.57. The molecular formula is C11H17NO2S2. The van der Waals surface area contributed by atoms with Crippen LogP contribution in [0.5, 0.6) is 0 Å². The Kier molecular flexibility index (Phi) is 3.37. The third kappa shape index (κ3) is 2.31. The normalized spacial score (nSPS) is 20.1. The van der Waals surface area contributed by atoms with Gasteiger partial charge in [-0.15, -0.1) is 11.3 Å². The van der Waals surface area contributed by atoms with Gasteiger partial charge in [-0.2, -0.15) is 4.31 Å². The molecule has 0 saturated carbocycles. The largest absolute Gasteiger partial charge is 0.252 e. The predicted molar refractivity (Wildman–Crippen MR) is 66.2 cm³/mol. The van der Waals surface area contributed by atoms with Crippen LogP contribution in [-0.4, -0.2) is 25.8 Å². The van der Waals surface area contributed by atoms with Crippen molar-refractivity contribution < 1.29 is 8.42 Å². The van der Waals surface area contributed by atoms with Gasteiger partial charge in [-0.3, -0.25) is 0 Å². The third-order valence-electron chi connectivity index (χ3n) is 3.05. The smallest absolute Gasteiger partial charge is 0.206 e. The summed E-state index contributed by atoms with van der Waals surface area (Å²) in [5.41, 5.74) is 0. The van der Waals surface area contributed by atoms with Gasteiger partial charge < -0.3 is 0 Å². The van der Waals surface area contributed by atoms with Crippen molar-refractivity contribution in [3.63, 3.8) is 0 Å². The molecule has 0 radical (unpaired) electrons. The number of nitrogens with zero attached hydrogens (tertiary/aromatic N) is 1. The molecule has 16 heavy (non-hydrogen) atoms. The Morgan fingerprint density at radius 3 is 2.44 bits per heavy atom. The van der Waals surface area contributed by atoms with Crippen LogP contribution in [0.3, 0.4) is 0 Å². The van der Waals surface area contributed by atoms with E-state index in [2.05, 4.69) is 6.92 Å². The van der Waals surface area contributed by atoms with Crippen molar-refractivity contribution in [1.29, 1.82) is 0 Å². The summed E-state index contributed by atoms with van der Waals surface area (Å²) in [5.74, 6) is 0.650. The maximum atomic E-state index is 12.2. The summed E-state index contributed by atoms with van der Waals surface area (Å²) in [5, 5.41) is 0. The first kappa shape index (κ1) is 12.1. The Labute approximate surface area is 101 Å². The van der Waals surface area contributed by atoms with E-state index in [0.29, 0.717) is 23.2 Å². The molecule has 0 unspecified atom stereocenters. The first-order chi connectivity index (χ1) is 7.50. The zero-order valence-electron chi connectivity index (χ0n) is 9.64. The lowest BCUT2D eigenvalue weighted by atomic mass is 10.0. The highest BCUT2D eigenvalue weighted by Crippen LogP contribution is 2.27. The van der Waals surface area contributed by atoms with Gasteiger partial charge in [0.05, 0.1) is 0 Å². The van der Waals surface area contributed by atoms with Crippen molar-refractivity contribution in [2.75, 3.05) is 13.1 Å². The fourth-order valence-corrected chi connectivity index (χ4v) is 4.81. The first-order valence-corrected chi connectivity index (χ1v) is 7.82. The van der Waals surface area contributed by atoms with Gasteiger partial charge in [0, 0.05) is 18.0 Å². The maximum Gasteiger partial charge on any atom is 0.252 e. The lowest BCUT2D eigenvalue weighted by Crippen LogP contribution is -2.37. The second-order valence-corrected chi connectivity index (χ2v) is 7.90. The van der Waals surface area contributed by atoms with Gasteiger partial charge >= 0.3 is 0 Å². The zero-order valence-corrected chi connectivity index (χ0v) is 11.3. The molecule has 0 aliphatic carbocycles. The van der Waals surface area contributed by atoms with Crippen LogP contribution >= 0.6 is 11.3 Å². The van der Waals surface area contributed by atoms with Gasteiger partial charge in [-0.25, -0.2) is 8.42 Å². The highest BCUT2D eigenvalue weighted by Gasteiger charge is 2.28. The topological polar surface area (TPSA) is 37.4 Å². The van der Waals surface area contributed by atoms with Gasteiger partial charge in [0.2, 0.25) is 0 Å². The van der Waals surface area contributed by atoms with E-state index in [1.54, 1.807) is 10.4 Å². The second kappa shape index (κ2) is 4.47. The van der Waals surface area contributed by atoms with Crippen LogP contribution in [0.1, 0.15) is 24.6 Å². The van der Waals surface area contributed by atoms with Gasteiger partial charge in [0.1, 0.15) is 4.21 Å². The average Bonchev–Trinajstić information content (AvgIpc) is 2.66. The predicted octanol–water partition coefficient (Wildman–Crippen LogP) is 2.48. The SMILES string of the molecule is Cc1ccc(S(=O)(=O)N2CCC(C)CC2)s1. The average molecular weight is 259 g/mol. The molecule has 2 rings (SSSR count). The number of thiophene rings is 1. The molecule has 1 aromatic heterocycles. The number of hydrogen-bond donors (Lipinski definition) is 0. The third-order valence-corrected chi connectivity index (χ3v) is 6.42. The van der Waals surface area contributed by atoms with E-state index in [1.165, 1.54) is 11.3 Å². The lowest BCUT2D eigenvalue weighted by Gasteiger charge is -2.28. The van der Waals surface area contributed by atoms with Crippen molar-refractivity contribution in [1.82, 2.24) is 4.31 Å². The Morgan fingerprint density at radius 2 is 1.94 bits per heavy atom. The molecule has 1 fully saturated rings. The summed E-state index contributed by atoms with van der Waals surface area (Å²) in [6, 6.07) is 3.58. The van der Waals surface area contributed by atoms with E-state index >= 15 is 0 Å². The molecule has 0 spiro atoms. The molecule has 0 N–H and O–H groups in total. The van der Waals surface area contributed by atoms with Gasteiger partial charge in [-0.05, 0) is 37.8 Å². The molecule has 0 aromatic carbocycles. The van der Waals surface area contributed by atoms with Crippen LogP contribution in [0.2, 0.25) is 0 Å². The van der Waals surface area contributed by atoms with Gasteiger partial charge in [-0.1, -0.05) is 6.92 Å². The minimum absolute atomic E-state index is 0.486. The van der Waals surface area contributed by atoms with Crippen LogP contribution in [-0.2, 0) is 10.0 Å². The van der Waals surface area contributed by atoms with Crippen LogP contribution in [0.4, 0.5) is 0 Å². The Balaban J connectivity index is 2.20. The monoisotopic (exact) mass is 259 g/mol. The summed E-state index contributed by atoms with van der Waals surface area (Å²) >= 11 is 1.36. The standard InChI is InChI=1S/C11H17NO2S2/c1-9-5-7-12(8-6-9)16(13,14)11-4-3-10(2)15-11/h3-4,9H,5-8H2,1-2H3. The Bertz CT molecular complexity index is 456. The van der Waals surface area contributed by atoms with Crippen LogP contribution in [0, 0.1) is 12.8 Å². The summed E-state index contributed by atoms with van der Waals surface area (Å²) in [7, 11) is -3.21. The number of sulfonamides is 1. The van der Waals surface area contributed by atoms with Gasteiger partial charge in [0.15, 0.2) is 0 Å². The fraction of sp³-hybridized carbons (Fsp3) is 0.636. The van der Waals surface area contributed by atoms with Crippen molar-refractivity contribution >= 4 is 21.4 Å². The van der Waals surface area contributed by atoms with E-state index in [0.717, 1.165) is 17.7 Å². The minimum Gasteiger partial charge on any atom is -0.206 e. The van der Waals surface area contributed by atoms with Crippen molar-refractivity contribution in [3.8, 4) is 0 Å². The zero-order chi connectivity index (χ0) is 11.8. The number of piperidine rings is 1. The highest BCUT2D eigenvalue weighted by atomic mass is 32.2. The van der Waals surface area contributed by atoms with Crippen molar-refractivity contribution in [2.24, 2.45) is 5.92 Å². The molecule has 2 heterocycles. The van der Waals surface area contributed by atoms with Crippen LogP contribution < -0.4 is 0 Å². The Hall–Kier alpha value is -0.390. The molecule has 1 aliphatic heterocycles. The molecule has 1 aromatic rings. The maximum absolute atomic E-state index is 12.2. The minimum atomic E-state index is -3.21. The van der Waals surface area contributed by atoms with Crippen LogP contribution in [0.15, 0.2) is 16.3 Å². The van der Waals surface area contributed by atoms with Gasteiger partial charge in [0.25, 0.3) is 10.0 Å². The summed E-state index contributed by atoms with van der Waals surface area (Å²) in [6.07, 6.45) is 1.95. The molecule has 90 valence electrons. The summed E-state index contributed by atoms with van der Waals surface area (Å²) < 4.78 is 26.6. The molecule has 5 heteroatoms. The molecule has 1 aliphatic rings. The molecule has 0 bridgehead atoms. The molecule has 1 saturated heterocycles. The quantitative estimate of drug-likeness (QED) is 0.818. The number of hydrogen-bond acceptors (Lipinski definition) is 3. The summed E-state index contributed by atoms with van der Waals surface area (Å²) in [6.45, 7) is 5.45. The molecule has 0 atom stereocenters. The van der Waals surface area contributed by atoms with E-state index < -0.39 is 10.0 Å². The van der Waals surface area contributed by atoms with Crippen LogP contribution in [0.25, 0.3) is 0 Å². The summed E-state index contributed by atoms with van der Waals surface area (Å²) in [4.78, 5) is 1.05. The van der Waals surface area contributed by atoms with Crippen molar-refractivity contribution in [3.05, 3.63) is 17.0 Å². The van der Waals surface area contributed by atoms with E-state index in [1.807, 2.05) is 13.0 Å². The molecule has 3 nitrogen and oxygen atoms in total. The number of rotatable bonds is 2. The highest BCUT2D eigenvalue weighted by molar-refractivity contribution is 7.91. The second-order valence-electron chi connectivity index (χ2n) is 4.45. The fourth-order valence-electron chi connectivity index (χ4n) is 1.90. The lowest BCUT2D eigenvalue weighted by molar-refractivity contribution is 0.288. The van der Waals surface area contributed by atoms with E-state index in [4.69, 9.17) is 0 Å². The molecular weight excluding hydrogens is 242 g/mol. The van der Waals surface area contributed by atoms with Crippen molar-refractivity contribution in [2.45, 2.75) is 30.9 Å². The van der Waals surface area contributed by atoms with E-state index in [-0.39, 0.29) is 0 Å². The Morgan fingerprint density at radius 1 is 1.31 bits per heavy atom.